The summed E-state index contributed by atoms with van der Waals surface area (Å²) in [6.07, 6.45) is 3.46. The van der Waals surface area contributed by atoms with Gasteiger partial charge in [-0.3, -0.25) is 4.79 Å². The minimum Gasteiger partial charge on any atom is -0.447 e. The van der Waals surface area contributed by atoms with Crippen molar-refractivity contribution in [3.8, 4) is 0 Å². The maximum Gasteiger partial charge on any atom is 0.407 e. The largest absolute Gasteiger partial charge is 0.447 e. The molecule has 0 radical (unpaired) electrons. The number of carbonyl (C=O) groups excluding carboxylic acids is 2. The van der Waals surface area contributed by atoms with Gasteiger partial charge >= 0.3 is 6.09 Å². The molecular formula is C21H26N2O3. The van der Waals surface area contributed by atoms with E-state index in [1.165, 1.54) is 11.1 Å². The molecule has 1 fully saturated rings. The Hall–Kier alpha value is -2.56. The van der Waals surface area contributed by atoms with Gasteiger partial charge in [0.2, 0.25) is 0 Å². The molecule has 2 heterocycles. The first-order chi connectivity index (χ1) is 12.4. The van der Waals surface area contributed by atoms with Gasteiger partial charge in [-0.2, -0.15) is 0 Å². The number of ketones is 1. The molecule has 26 heavy (non-hydrogen) atoms. The Labute approximate surface area is 154 Å². The van der Waals surface area contributed by atoms with Gasteiger partial charge in [-0.15, -0.1) is 0 Å². The van der Waals surface area contributed by atoms with Gasteiger partial charge in [0, 0.05) is 12.1 Å². The van der Waals surface area contributed by atoms with Crippen LogP contribution in [0, 0.1) is 6.92 Å². The monoisotopic (exact) mass is 354 g/mol. The topological polar surface area (TPSA) is 71.2 Å². The number of aromatic nitrogens is 1. The van der Waals surface area contributed by atoms with Crippen LogP contribution in [-0.2, 0) is 17.6 Å². The number of aromatic amines is 1. The van der Waals surface area contributed by atoms with E-state index in [2.05, 4.69) is 41.5 Å². The highest BCUT2D eigenvalue weighted by Gasteiger charge is 2.34. The Morgan fingerprint density at radius 2 is 1.92 bits per heavy atom. The van der Waals surface area contributed by atoms with Crippen LogP contribution in [0.4, 0.5) is 4.79 Å². The number of cyclic esters (lactones) is 1. The molecule has 2 N–H and O–H groups in total. The summed E-state index contributed by atoms with van der Waals surface area (Å²) in [4.78, 5) is 26.8. The van der Waals surface area contributed by atoms with Crippen LogP contribution in [-0.4, -0.2) is 29.0 Å². The van der Waals surface area contributed by atoms with Gasteiger partial charge in [0.1, 0.15) is 6.61 Å². The van der Waals surface area contributed by atoms with Gasteiger partial charge in [-0.25, -0.2) is 4.79 Å². The Balaban J connectivity index is 1.45. The summed E-state index contributed by atoms with van der Waals surface area (Å²) in [5.74, 6) is 0.145. The molecule has 1 amide bonds. The number of amides is 1. The summed E-state index contributed by atoms with van der Waals surface area (Å²) in [5.41, 5.74) is 3.86. The number of ether oxygens (including phenoxy) is 1. The average Bonchev–Trinajstić information content (AvgIpc) is 3.22. The van der Waals surface area contributed by atoms with Gasteiger partial charge in [-0.05, 0) is 57.2 Å². The molecule has 0 bridgehead atoms. The number of hydrogen-bond acceptors (Lipinski definition) is 3. The Morgan fingerprint density at radius 1 is 1.15 bits per heavy atom. The summed E-state index contributed by atoms with van der Waals surface area (Å²) in [5, 5.41) is 2.83. The summed E-state index contributed by atoms with van der Waals surface area (Å²) < 4.78 is 4.97. The third kappa shape index (κ3) is 4.75. The molecule has 5 nitrogen and oxygen atoms in total. The molecule has 1 saturated heterocycles. The Kier molecular flexibility index (Phi) is 5.45. The van der Waals surface area contributed by atoms with Crippen molar-refractivity contribution in [2.75, 3.05) is 6.61 Å². The van der Waals surface area contributed by atoms with E-state index in [1.807, 2.05) is 19.1 Å². The molecular weight excluding hydrogens is 328 g/mol. The van der Waals surface area contributed by atoms with Crippen molar-refractivity contribution in [3.05, 3.63) is 58.9 Å². The van der Waals surface area contributed by atoms with Crippen molar-refractivity contribution < 1.29 is 14.3 Å². The number of nitrogens with one attached hydrogen (secondary N) is 2. The molecule has 1 aliphatic rings. The third-order valence-corrected chi connectivity index (χ3v) is 4.91. The molecule has 0 spiro atoms. The van der Waals surface area contributed by atoms with Crippen molar-refractivity contribution >= 4 is 11.9 Å². The zero-order chi connectivity index (χ0) is 18.6. The van der Waals surface area contributed by atoms with Gasteiger partial charge in [-0.1, -0.05) is 29.8 Å². The lowest BCUT2D eigenvalue weighted by Crippen LogP contribution is -2.40. The maximum absolute atomic E-state index is 12.4. The van der Waals surface area contributed by atoms with Gasteiger partial charge < -0.3 is 15.0 Å². The number of aryl methyl sites for hydroxylation is 3. The predicted molar refractivity (Wildman–Crippen MR) is 100 cm³/mol. The van der Waals surface area contributed by atoms with Crippen LogP contribution in [0.5, 0.6) is 0 Å². The van der Waals surface area contributed by atoms with E-state index in [9.17, 15) is 9.59 Å². The second kappa shape index (κ2) is 7.77. The highest BCUT2D eigenvalue weighted by molar-refractivity contribution is 5.94. The van der Waals surface area contributed by atoms with Gasteiger partial charge in [0.05, 0.1) is 11.2 Å². The first kappa shape index (κ1) is 18.2. The van der Waals surface area contributed by atoms with Gasteiger partial charge in [0.15, 0.2) is 5.78 Å². The number of hydrogen-bond donors (Lipinski definition) is 2. The molecule has 1 aromatic heterocycles. The zero-order valence-corrected chi connectivity index (χ0v) is 15.4. The third-order valence-electron chi connectivity index (χ3n) is 4.91. The number of benzene rings is 1. The molecule has 3 rings (SSSR count). The fourth-order valence-corrected chi connectivity index (χ4v) is 3.18. The van der Waals surface area contributed by atoms with E-state index in [4.69, 9.17) is 4.74 Å². The van der Waals surface area contributed by atoms with Crippen LogP contribution in [0.15, 0.2) is 36.4 Å². The summed E-state index contributed by atoms with van der Waals surface area (Å²) >= 11 is 0. The number of H-pyrrole nitrogens is 1. The van der Waals surface area contributed by atoms with Crippen LogP contribution >= 0.6 is 0 Å². The quantitative estimate of drug-likeness (QED) is 0.705. The molecule has 5 heteroatoms. The van der Waals surface area contributed by atoms with Crippen molar-refractivity contribution in [1.29, 1.82) is 0 Å². The van der Waals surface area contributed by atoms with Crippen LogP contribution < -0.4 is 5.32 Å². The van der Waals surface area contributed by atoms with E-state index in [1.54, 1.807) is 0 Å². The van der Waals surface area contributed by atoms with Crippen molar-refractivity contribution in [2.45, 2.75) is 51.5 Å². The number of Topliss-reactive ketones (excluding diaryl/α,β-unsaturated/α-hetero) is 1. The number of carbonyl (C=O) groups is 2. The van der Waals surface area contributed by atoms with E-state index >= 15 is 0 Å². The van der Waals surface area contributed by atoms with Crippen LogP contribution in [0.2, 0.25) is 0 Å². The molecule has 0 saturated carbocycles. The summed E-state index contributed by atoms with van der Waals surface area (Å²) in [6, 6.07) is 12.3. The summed E-state index contributed by atoms with van der Waals surface area (Å²) in [6.45, 7) is 4.43. The van der Waals surface area contributed by atoms with E-state index < -0.39 is 0 Å². The molecule has 1 aliphatic heterocycles. The number of alkyl carbamates (subject to hydrolysis) is 1. The van der Waals surface area contributed by atoms with Crippen LogP contribution in [0.3, 0.4) is 0 Å². The van der Waals surface area contributed by atoms with Crippen molar-refractivity contribution in [1.82, 2.24) is 10.3 Å². The summed E-state index contributed by atoms with van der Waals surface area (Å²) in [7, 11) is 0. The molecule has 1 aromatic carbocycles. The maximum atomic E-state index is 12.4. The second-order valence-corrected chi connectivity index (χ2v) is 7.42. The van der Waals surface area contributed by atoms with Crippen molar-refractivity contribution in [3.63, 3.8) is 0 Å². The first-order valence-corrected chi connectivity index (χ1v) is 9.15. The molecule has 138 valence electrons. The van der Waals surface area contributed by atoms with E-state index in [0.29, 0.717) is 18.7 Å². The SMILES string of the molecule is Cc1ccc(CCCC(=O)c2ccc(CC[C@]3(C)COC(=O)N3)[nH]2)cc1. The molecule has 1 atom stereocenters. The Morgan fingerprint density at radius 3 is 2.62 bits per heavy atom. The smallest absolute Gasteiger partial charge is 0.407 e. The molecule has 0 aliphatic carbocycles. The lowest BCUT2D eigenvalue weighted by molar-refractivity contribution is 0.0975. The minimum absolute atomic E-state index is 0.145. The minimum atomic E-state index is -0.358. The highest BCUT2D eigenvalue weighted by Crippen LogP contribution is 2.19. The Bertz CT molecular complexity index is 779. The second-order valence-electron chi connectivity index (χ2n) is 7.42. The lowest BCUT2D eigenvalue weighted by Gasteiger charge is -2.20. The standard InChI is InChI=1S/C21H26N2O3/c1-15-6-8-16(9-7-15)4-3-5-19(24)18-11-10-17(22-18)12-13-21(2)14-26-20(25)23-21/h6-11,22H,3-5,12-14H2,1-2H3,(H,23,25)/t21-/m1/s1. The van der Waals surface area contributed by atoms with E-state index in [-0.39, 0.29) is 17.4 Å². The van der Waals surface area contributed by atoms with Gasteiger partial charge in [0.25, 0.3) is 0 Å². The molecule has 0 unspecified atom stereocenters. The number of rotatable bonds is 8. The predicted octanol–water partition coefficient (Wildman–Crippen LogP) is 3.96. The van der Waals surface area contributed by atoms with E-state index in [0.717, 1.165) is 31.4 Å². The van der Waals surface area contributed by atoms with Crippen LogP contribution in [0.1, 0.15) is 53.5 Å². The first-order valence-electron chi connectivity index (χ1n) is 9.15. The average molecular weight is 354 g/mol. The van der Waals surface area contributed by atoms with Crippen LogP contribution in [0.25, 0.3) is 0 Å². The zero-order valence-electron chi connectivity index (χ0n) is 15.4. The lowest BCUT2D eigenvalue weighted by atomic mass is 9.97. The van der Waals surface area contributed by atoms with Crippen molar-refractivity contribution in [2.24, 2.45) is 0 Å². The normalized spacial score (nSPS) is 19.2. The molecule has 2 aromatic rings. The fraction of sp³-hybridized carbons (Fsp3) is 0.429. The fourth-order valence-electron chi connectivity index (χ4n) is 3.18. The highest BCUT2D eigenvalue weighted by atomic mass is 16.6.